The van der Waals surface area contributed by atoms with Gasteiger partial charge in [-0.3, -0.25) is 4.90 Å². The van der Waals surface area contributed by atoms with E-state index in [0.29, 0.717) is 6.04 Å². The van der Waals surface area contributed by atoms with Gasteiger partial charge in [0.2, 0.25) is 0 Å². The van der Waals surface area contributed by atoms with Crippen LogP contribution in [-0.4, -0.2) is 35.6 Å². The second-order valence-corrected chi connectivity index (χ2v) is 6.58. The Labute approximate surface area is 131 Å². The maximum Gasteiger partial charge on any atom is 0.123 e. The van der Waals surface area contributed by atoms with E-state index in [0.717, 1.165) is 37.6 Å². The number of aromatic nitrogens is 1. The van der Waals surface area contributed by atoms with Crippen molar-refractivity contribution in [3.63, 3.8) is 0 Å². The third-order valence-electron chi connectivity index (χ3n) is 4.16. The van der Waals surface area contributed by atoms with E-state index in [9.17, 15) is 0 Å². The maximum atomic E-state index is 4.82. The summed E-state index contributed by atoms with van der Waals surface area (Å²) in [6, 6.07) is 9.38. The summed E-state index contributed by atoms with van der Waals surface area (Å²) in [5.74, 6) is 0. The van der Waals surface area contributed by atoms with Gasteiger partial charge in [-0.2, -0.15) is 0 Å². The summed E-state index contributed by atoms with van der Waals surface area (Å²) in [6.45, 7) is 8.70. The molecule has 1 aromatic heterocycles. The van der Waals surface area contributed by atoms with Crippen molar-refractivity contribution in [2.24, 2.45) is 0 Å². The van der Waals surface area contributed by atoms with Gasteiger partial charge >= 0.3 is 0 Å². The van der Waals surface area contributed by atoms with E-state index in [4.69, 9.17) is 4.98 Å². The molecular formula is C17H23N3S. The number of thiazole rings is 1. The van der Waals surface area contributed by atoms with Gasteiger partial charge < -0.3 is 5.32 Å². The maximum absolute atomic E-state index is 4.82. The fourth-order valence-corrected chi connectivity index (χ4v) is 3.54. The minimum Gasteiger partial charge on any atom is -0.314 e. The molecule has 0 amide bonds. The van der Waals surface area contributed by atoms with E-state index in [1.165, 1.54) is 16.8 Å². The highest BCUT2D eigenvalue weighted by Gasteiger charge is 2.18. The topological polar surface area (TPSA) is 28.2 Å². The molecule has 1 atom stereocenters. The molecule has 3 nitrogen and oxygen atoms in total. The predicted octanol–water partition coefficient (Wildman–Crippen LogP) is 3.17. The van der Waals surface area contributed by atoms with Crippen molar-refractivity contribution in [3.8, 4) is 10.6 Å². The van der Waals surface area contributed by atoms with Crippen molar-refractivity contribution in [3.05, 3.63) is 40.9 Å². The van der Waals surface area contributed by atoms with Gasteiger partial charge in [0.25, 0.3) is 0 Å². The Bertz CT molecular complexity index is 576. The van der Waals surface area contributed by atoms with Gasteiger partial charge in [-0.25, -0.2) is 4.98 Å². The molecule has 0 unspecified atom stereocenters. The lowest BCUT2D eigenvalue weighted by Gasteiger charge is -2.33. The van der Waals surface area contributed by atoms with Crippen LogP contribution in [0.15, 0.2) is 29.6 Å². The number of hydrogen-bond acceptors (Lipinski definition) is 4. The van der Waals surface area contributed by atoms with Gasteiger partial charge in [-0.05, 0) is 18.9 Å². The zero-order valence-electron chi connectivity index (χ0n) is 12.8. The smallest absolute Gasteiger partial charge is 0.123 e. The number of nitrogens with zero attached hydrogens (tertiary/aromatic N) is 2. The second kappa shape index (κ2) is 6.69. The van der Waals surface area contributed by atoms with Crippen LogP contribution >= 0.6 is 11.3 Å². The van der Waals surface area contributed by atoms with Gasteiger partial charge in [0.1, 0.15) is 5.01 Å². The largest absolute Gasteiger partial charge is 0.314 e. The molecule has 0 saturated carbocycles. The molecule has 1 N–H and O–H groups in total. The Morgan fingerprint density at radius 3 is 2.86 bits per heavy atom. The Balaban J connectivity index is 1.70. The molecule has 1 aliphatic rings. The third-order valence-corrected chi connectivity index (χ3v) is 5.11. The van der Waals surface area contributed by atoms with E-state index in [-0.39, 0.29) is 0 Å². The number of hydrogen-bond donors (Lipinski definition) is 1. The molecule has 1 aromatic carbocycles. The zero-order chi connectivity index (χ0) is 14.7. The van der Waals surface area contributed by atoms with Crippen molar-refractivity contribution in [2.45, 2.75) is 32.9 Å². The highest BCUT2D eigenvalue weighted by Crippen LogP contribution is 2.25. The van der Waals surface area contributed by atoms with Crippen LogP contribution in [0.4, 0.5) is 0 Å². The third kappa shape index (κ3) is 3.51. The van der Waals surface area contributed by atoms with Crippen LogP contribution in [-0.2, 0) is 13.0 Å². The predicted molar refractivity (Wildman–Crippen MR) is 89.7 cm³/mol. The molecule has 4 heteroatoms. The SMILES string of the molecule is CCc1ccc(-c2nc(CN3CCNC[C@@H]3C)cs2)cc1. The van der Waals surface area contributed by atoms with Gasteiger partial charge in [-0.15, -0.1) is 11.3 Å². The van der Waals surface area contributed by atoms with Crippen molar-refractivity contribution in [1.29, 1.82) is 0 Å². The summed E-state index contributed by atoms with van der Waals surface area (Å²) >= 11 is 1.75. The molecule has 1 saturated heterocycles. The number of nitrogens with one attached hydrogen (secondary N) is 1. The summed E-state index contributed by atoms with van der Waals surface area (Å²) in [7, 11) is 0. The lowest BCUT2D eigenvalue weighted by atomic mass is 10.1. The van der Waals surface area contributed by atoms with Crippen molar-refractivity contribution in [1.82, 2.24) is 15.2 Å². The van der Waals surface area contributed by atoms with Crippen LogP contribution < -0.4 is 5.32 Å². The molecule has 1 fully saturated rings. The first-order valence-corrected chi connectivity index (χ1v) is 8.62. The first-order valence-electron chi connectivity index (χ1n) is 7.74. The second-order valence-electron chi connectivity index (χ2n) is 5.72. The number of aryl methyl sites for hydroxylation is 1. The van der Waals surface area contributed by atoms with Crippen LogP contribution in [0.25, 0.3) is 10.6 Å². The number of piperazine rings is 1. The van der Waals surface area contributed by atoms with E-state index in [2.05, 4.69) is 53.7 Å². The average molecular weight is 301 g/mol. The van der Waals surface area contributed by atoms with E-state index >= 15 is 0 Å². The Morgan fingerprint density at radius 2 is 2.14 bits per heavy atom. The lowest BCUT2D eigenvalue weighted by Crippen LogP contribution is -2.49. The quantitative estimate of drug-likeness (QED) is 0.940. The lowest BCUT2D eigenvalue weighted by molar-refractivity contribution is 0.164. The highest BCUT2D eigenvalue weighted by atomic mass is 32.1. The normalized spacial score (nSPS) is 19.8. The number of benzene rings is 1. The fraction of sp³-hybridized carbons (Fsp3) is 0.471. The molecule has 1 aliphatic heterocycles. The molecular weight excluding hydrogens is 278 g/mol. The Morgan fingerprint density at radius 1 is 1.33 bits per heavy atom. The molecule has 112 valence electrons. The molecule has 2 aromatic rings. The Hall–Kier alpha value is -1.23. The van der Waals surface area contributed by atoms with E-state index in [1.807, 2.05) is 0 Å². The standard InChI is InChI=1S/C17H23N3S/c1-3-14-4-6-15(7-5-14)17-19-16(12-21-17)11-20-9-8-18-10-13(20)2/h4-7,12-13,18H,3,8-11H2,1-2H3/t13-/m0/s1. The molecule has 0 spiro atoms. The molecule has 21 heavy (non-hydrogen) atoms. The molecule has 2 heterocycles. The van der Waals surface area contributed by atoms with Gasteiger partial charge in [-0.1, -0.05) is 31.2 Å². The van der Waals surface area contributed by atoms with E-state index in [1.54, 1.807) is 11.3 Å². The summed E-state index contributed by atoms with van der Waals surface area (Å²) in [4.78, 5) is 7.33. The van der Waals surface area contributed by atoms with Crippen molar-refractivity contribution < 1.29 is 0 Å². The van der Waals surface area contributed by atoms with Crippen LogP contribution in [0.1, 0.15) is 25.1 Å². The van der Waals surface area contributed by atoms with Crippen LogP contribution in [0.3, 0.4) is 0 Å². The highest BCUT2D eigenvalue weighted by molar-refractivity contribution is 7.13. The minimum atomic E-state index is 0.590. The van der Waals surface area contributed by atoms with Crippen molar-refractivity contribution >= 4 is 11.3 Å². The molecule has 3 rings (SSSR count). The summed E-state index contributed by atoms with van der Waals surface area (Å²) in [5.41, 5.74) is 3.81. The number of rotatable bonds is 4. The van der Waals surface area contributed by atoms with Gasteiger partial charge in [0.05, 0.1) is 5.69 Å². The first kappa shape index (κ1) is 14.7. The molecule has 0 aliphatic carbocycles. The van der Waals surface area contributed by atoms with Gasteiger partial charge in [0.15, 0.2) is 0 Å². The van der Waals surface area contributed by atoms with Gasteiger partial charge in [0, 0.05) is 43.2 Å². The van der Waals surface area contributed by atoms with E-state index < -0.39 is 0 Å². The fourth-order valence-electron chi connectivity index (χ4n) is 2.72. The summed E-state index contributed by atoms with van der Waals surface area (Å²) in [5, 5.41) is 6.77. The molecule has 0 bridgehead atoms. The Kier molecular flexibility index (Phi) is 4.68. The van der Waals surface area contributed by atoms with Crippen LogP contribution in [0.2, 0.25) is 0 Å². The minimum absolute atomic E-state index is 0.590. The van der Waals surface area contributed by atoms with Crippen molar-refractivity contribution in [2.75, 3.05) is 19.6 Å². The van der Waals surface area contributed by atoms with Crippen LogP contribution in [0.5, 0.6) is 0 Å². The average Bonchev–Trinajstić information content (AvgIpc) is 2.98. The molecule has 0 radical (unpaired) electrons. The summed E-state index contributed by atoms with van der Waals surface area (Å²) in [6.07, 6.45) is 1.09. The zero-order valence-corrected chi connectivity index (χ0v) is 13.6. The summed E-state index contributed by atoms with van der Waals surface area (Å²) < 4.78 is 0. The monoisotopic (exact) mass is 301 g/mol. The van der Waals surface area contributed by atoms with Crippen LogP contribution in [0, 0.1) is 0 Å². The first-order chi connectivity index (χ1) is 10.3.